The molecule has 2 heterocycles. The third kappa shape index (κ3) is 1.35. The third-order valence-electron chi connectivity index (χ3n) is 2.40. The van der Waals surface area contributed by atoms with Crippen LogP contribution in [0.3, 0.4) is 0 Å². The molecule has 0 fully saturated rings. The number of rotatable bonds is 2. The lowest BCUT2D eigenvalue weighted by molar-refractivity contribution is 0.103. The van der Waals surface area contributed by atoms with Gasteiger partial charge >= 0.3 is 0 Å². The van der Waals surface area contributed by atoms with Gasteiger partial charge in [-0.25, -0.2) is 4.98 Å². The minimum atomic E-state index is -0.0226. The lowest BCUT2D eigenvalue weighted by atomic mass is 10.1. The van der Waals surface area contributed by atoms with E-state index in [1.165, 1.54) is 11.3 Å². The van der Waals surface area contributed by atoms with Crippen LogP contribution in [-0.4, -0.2) is 15.2 Å². The second-order valence-corrected chi connectivity index (χ2v) is 4.30. The van der Waals surface area contributed by atoms with E-state index in [-0.39, 0.29) is 5.78 Å². The number of hydrogen-bond donors (Lipinski definition) is 0. The maximum absolute atomic E-state index is 12.2. The molecule has 1 aromatic carbocycles. The molecule has 0 spiro atoms. The molecular formula is C12H8N2OS. The number of hydrogen-bond acceptors (Lipinski definition) is 3. The van der Waals surface area contributed by atoms with Crippen LogP contribution in [0.1, 0.15) is 16.1 Å². The van der Waals surface area contributed by atoms with Gasteiger partial charge in [-0.2, -0.15) is 0 Å². The van der Waals surface area contributed by atoms with Crippen molar-refractivity contribution < 1.29 is 4.79 Å². The van der Waals surface area contributed by atoms with E-state index in [1.54, 1.807) is 18.5 Å². The molecule has 0 aliphatic rings. The van der Waals surface area contributed by atoms with Gasteiger partial charge in [-0.1, -0.05) is 30.3 Å². The molecule has 0 saturated heterocycles. The highest BCUT2D eigenvalue weighted by Crippen LogP contribution is 2.18. The second kappa shape index (κ2) is 3.57. The molecule has 3 rings (SSSR count). The summed E-state index contributed by atoms with van der Waals surface area (Å²) in [7, 11) is 0. The standard InChI is InChI=1S/C12H8N2OS/c15-11(9-4-2-1-3-5-9)10-12-14(8-13-10)6-7-16-12/h1-8H. The van der Waals surface area contributed by atoms with Crippen molar-refractivity contribution in [3.05, 3.63) is 59.5 Å². The van der Waals surface area contributed by atoms with Crippen molar-refractivity contribution in [1.29, 1.82) is 0 Å². The van der Waals surface area contributed by atoms with Crippen LogP contribution >= 0.6 is 11.3 Å². The van der Waals surface area contributed by atoms with Crippen molar-refractivity contribution in [1.82, 2.24) is 9.38 Å². The van der Waals surface area contributed by atoms with Crippen LogP contribution in [0.2, 0.25) is 0 Å². The van der Waals surface area contributed by atoms with Gasteiger partial charge in [0.2, 0.25) is 5.78 Å². The van der Waals surface area contributed by atoms with Gasteiger partial charge in [0.25, 0.3) is 0 Å². The summed E-state index contributed by atoms with van der Waals surface area (Å²) >= 11 is 1.52. The summed E-state index contributed by atoms with van der Waals surface area (Å²) in [5.74, 6) is -0.0226. The Labute approximate surface area is 96.0 Å². The Morgan fingerprint density at radius 1 is 1.25 bits per heavy atom. The van der Waals surface area contributed by atoms with Gasteiger partial charge in [-0.3, -0.25) is 9.20 Å². The number of thiazole rings is 1. The van der Waals surface area contributed by atoms with E-state index in [2.05, 4.69) is 4.98 Å². The predicted octanol–water partition coefficient (Wildman–Crippen LogP) is 2.63. The zero-order valence-corrected chi connectivity index (χ0v) is 9.15. The van der Waals surface area contributed by atoms with Crippen molar-refractivity contribution in [2.75, 3.05) is 0 Å². The Morgan fingerprint density at radius 2 is 2.06 bits per heavy atom. The zero-order valence-electron chi connectivity index (χ0n) is 8.33. The number of imidazole rings is 1. The van der Waals surface area contributed by atoms with Crippen LogP contribution in [0, 0.1) is 0 Å². The SMILES string of the molecule is O=C(c1ccccc1)c1ncn2ccsc12. The van der Waals surface area contributed by atoms with E-state index in [9.17, 15) is 4.79 Å². The minimum absolute atomic E-state index is 0.0226. The van der Waals surface area contributed by atoms with E-state index < -0.39 is 0 Å². The largest absolute Gasteiger partial charge is 0.296 e. The Hall–Kier alpha value is -1.94. The van der Waals surface area contributed by atoms with Crippen molar-refractivity contribution in [2.24, 2.45) is 0 Å². The van der Waals surface area contributed by atoms with Gasteiger partial charge in [0, 0.05) is 17.1 Å². The van der Waals surface area contributed by atoms with Crippen LogP contribution in [0.25, 0.3) is 4.83 Å². The summed E-state index contributed by atoms with van der Waals surface area (Å²) in [6.07, 6.45) is 3.57. The van der Waals surface area contributed by atoms with Crippen molar-refractivity contribution in [3.8, 4) is 0 Å². The maximum atomic E-state index is 12.2. The molecule has 0 aliphatic heterocycles. The normalized spacial score (nSPS) is 10.8. The van der Waals surface area contributed by atoms with Gasteiger partial charge in [-0.05, 0) is 0 Å². The highest BCUT2D eigenvalue weighted by atomic mass is 32.1. The number of carbonyl (C=O) groups is 1. The Bertz CT molecular complexity index is 639. The summed E-state index contributed by atoms with van der Waals surface area (Å²) in [6, 6.07) is 9.22. The van der Waals surface area contributed by atoms with Crippen LogP contribution in [0.15, 0.2) is 48.2 Å². The zero-order chi connectivity index (χ0) is 11.0. The first-order valence-corrected chi connectivity index (χ1v) is 5.74. The highest BCUT2D eigenvalue weighted by Gasteiger charge is 2.15. The number of aromatic nitrogens is 2. The van der Waals surface area contributed by atoms with E-state index in [4.69, 9.17) is 0 Å². The van der Waals surface area contributed by atoms with Crippen molar-refractivity contribution >= 4 is 22.0 Å². The van der Waals surface area contributed by atoms with Gasteiger partial charge < -0.3 is 0 Å². The van der Waals surface area contributed by atoms with Crippen LogP contribution in [0.5, 0.6) is 0 Å². The molecular weight excluding hydrogens is 220 g/mol. The predicted molar refractivity (Wildman–Crippen MR) is 62.9 cm³/mol. The number of ketones is 1. The Morgan fingerprint density at radius 3 is 2.88 bits per heavy atom. The molecule has 0 bridgehead atoms. The number of carbonyl (C=O) groups excluding carboxylic acids is 1. The molecule has 3 nitrogen and oxygen atoms in total. The molecule has 0 aliphatic carbocycles. The second-order valence-electron chi connectivity index (χ2n) is 3.40. The van der Waals surface area contributed by atoms with Crippen LogP contribution in [0.4, 0.5) is 0 Å². The summed E-state index contributed by atoms with van der Waals surface area (Å²) in [5.41, 5.74) is 1.21. The fourth-order valence-corrected chi connectivity index (χ4v) is 2.42. The van der Waals surface area contributed by atoms with E-state index in [1.807, 2.05) is 34.2 Å². The Balaban J connectivity index is 2.12. The lowest BCUT2D eigenvalue weighted by Gasteiger charge is -1.96. The molecule has 0 radical (unpaired) electrons. The molecule has 0 atom stereocenters. The van der Waals surface area contributed by atoms with Gasteiger partial charge in [-0.15, -0.1) is 11.3 Å². The van der Waals surface area contributed by atoms with Gasteiger partial charge in [0.15, 0.2) is 0 Å². The number of fused-ring (bicyclic) bond motifs is 1. The molecule has 0 unspecified atom stereocenters. The van der Waals surface area contributed by atoms with Crippen molar-refractivity contribution in [2.45, 2.75) is 0 Å². The summed E-state index contributed by atoms with van der Waals surface area (Å²) in [6.45, 7) is 0. The molecule has 0 saturated carbocycles. The first-order valence-electron chi connectivity index (χ1n) is 4.86. The lowest BCUT2D eigenvalue weighted by Crippen LogP contribution is -2.01. The van der Waals surface area contributed by atoms with Crippen molar-refractivity contribution in [3.63, 3.8) is 0 Å². The van der Waals surface area contributed by atoms with E-state index in [0.29, 0.717) is 11.3 Å². The number of nitrogens with zero attached hydrogens (tertiary/aromatic N) is 2. The van der Waals surface area contributed by atoms with E-state index >= 15 is 0 Å². The molecule has 78 valence electrons. The van der Waals surface area contributed by atoms with E-state index in [0.717, 1.165) is 4.83 Å². The van der Waals surface area contributed by atoms with Crippen LogP contribution in [-0.2, 0) is 0 Å². The summed E-state index contributed by atoms with van der Waals surface area (Å²) in [5, 5.41) is 1.94. The highest BCUT2D eigenvalue weighted by molar-refractivity contribution is 7.15. The molecule has 4 heteroatoms. The molecule has 0 N–H and O–H groups in total. The summed E-state index contributed by atoms with van der Waals surface area (Å²) < 4.78 is 1.86. The Kier molecular flexibility index (Phi) is 2.08. The fourth-order valence-electron chi connectivity index (χ4n) is 1.62. The first kappa shape index (κ1) is 9.30. The monoisotopic (exact) mass is 228 g/mol. The third-order valence-corrected chi connectivity index (χ3v) is 3.29. The van der Waals surface area contributed by atoms with Gasteiger partial charge in [0.1, 0.15) is 16.9 Å². The average molecular weight is 228 g/mol. The molecule has 3 aromatic rings. The molecule has 2 aromatic heterocycles. The number of benzene rings is 1. The van der Waals surface area contributed by atoms with Crippen LogP contribution < -0.4 is 0 Å². The quantitative estimate of drug-likeness (QED) is 0.632. The molecule has 0 amide bonds. The van der Waals surface area contributed by atoms with Gasteiger partial charge in [0.05, 0.1) is 0 Å². The molecule has 16 heavy (non-hydrogen) atoms. The summed E-state index contributed by atoms with van der Waals surface area (Å²) in [4.78, 5) is 17.2. The first-order chi connectivity index (χ1) is 7.86. The minimum Gasteiger partial charge on any atom is -0.296 e. The average Bonchev–Trinajstić information content (AvgIpc) is 2.91. The maximum Gasteiger partial charge on any atom is 0.214 e. The fraction of sp³-hybridized carbons (Fsp3) is 0. The topological polar surface area (TPSA) is 34.4 Å². The smallest absolute Gasteiger partial charge is 0.214 e.